The average Bonchev–Trinajstić information content (AvgIpc) is 3.12. The van der Waals surface area contributed by atoms with E-state index in [-0.39, 0.29) is 5.91 Å². The lowest BCUT2D eigenvalue weighted by Crippen LogP contribution is -2.32. The molecule has 0 bridgehead atoms. The molecule has 1 amide bonds. The summed E-state index contributed by atoms with van der Waals surface area (Å²) in [4.78, 5) is 16.2. The zero-order chi connectivity index (χ0) is 15.1. The molecule has 0 N–H and O–H groups in total. The maximum Gasteiger partial charge on any atom is 0.219 e. The third kappa shape index (κ3) is 2.64. The summed E-state index contributed by atoms with van der Waals surface area (Å²) in [5.41, 5.74) is 0. The van der Waals surface area contributed by atoms with Crippen molar-refractivity contribution in [1.82, 2.24) is 24.6 Å². The SMILES string of the molecule is CC(=O)N1CCc2nnc(C3CCCN3CC3CC3)n2CC1. The van der Waals surface area contributed by atoms with Crippen molar-refractivity contribution in [3.8, 4) is 0 Å². The molecule has 3 aliphatic rings. The molecule has 3 heterocycles. The zero-order valence-electron chi connectivity index (χ0n) is 13.4. The molecule has 6 heteroatoms. The van der Waals surface area contributed by atoms with E-state index in [9.17, 15) is 4.79 Å². The number of aromatic nitrogens is 3. The Morgan fingerprint density at radius 3 is 2.77 bits per heavy atom. The Kier molecular flexibility index (Phi) is 3.64. The summed E-state index contributed by atoms with van der Waals surface area (Å²) in [6.45, 7) is 6.47. The summed E-state index contributed by atoms with van der Waals surface area (Å²) < 4.78 is 2.29. The van der Waals surface area contributed by atoms with Gasteiger partial charge in [-0.3, -0.25) is 9.69 Å². The van der Waals surface area contributed by atoms with Crippen LogP contribution in [-0.2, 0) is 17.8 Å². The third-order valence-corrected chi connectivity index (χ3v) is 5.35. The van der Waals surface area contributed by atoms with E-state index in [4.69, 9.17) is 0 Å². The van der Waals surface area contributed by atoms with Crippen molar-refractivity contribution < 1.29 is 4.79 Å². The van der Waals surface area contributed by atoms with E-state index in [2.05, 4.69) is 19.7 Å². The summed E-state index contributed by atoms with van der Waals surface area (Å²) in [6, 6.07) is 0.436. The van der Waals surface area contributed by atoms with Crippen LogP contribution in [0.25, 0.3) is 0 Å². The monoisotopic (exact) mass is 303 g/mol. The van der Waals surface area contributed by atoms with Crippen molar-refractivity contribution in [1.29, 1.82) is 0 Å². The van der Waals surface area contributed by atoms with E-state index in [1.54, 1.807) is 6.92 Å². The van der Waals surface area contributed by atoms with Crippen LogP contribution in [0.15, 0.2) is 0 Å². The molecule has 0 radical (unpaired) electrons. The van der Waals surface area contributed by atoms with Gasteiger partial charge in [0.05, 0.1) is 6.04 Å². The summed E-state index contributed by atoms with van der Waals surface area (Å²) in [5.74, 6) is 3.27. The number of fused-ring (bicyclic) bond motifs is 1. The van der Waals surface area contributed by atoms with Crippen LogP contribution in [0.3, 0.4) is 0 Å². The lowest BCUT2D eigenvalue weighted by molar-refractivity contribution is -0.128. The summed E-state index contributed by atoms with van der Waals surface area (Å²) >= 11 is 0. The molecule has 0 aromatic carbocycles. The summed E-state index contributed by atoms with van der Waals surface area (Å²) in [5, 5.41) is 8.97. The fourth-order valence-electron chi connectivity index (χ4n) is 3.88. The number of likely N-dealkylation sites (tertiary alicyclic amines) is 1. The highest BCUT2D eigenvalue weighted by Gasteiger charge is 2.35. The number of nitrogens with zero attached hydrogens (tertiary/aromatic N) is 5. The Labute approximate surface area is 131 Å². The maximum absolute atomic E-state index is 11.6. The average molecular weight is 303 g/mol. The van der Waals surface area contributed by atoms with Crippen LogP contribution in [-0.4, -0.2) is 56.7 Å². The van der Waals surface area contributed by atoms with Crippen molar-refractivity contribution in [2.24, 2.45) is 5.92 Å². The highest BCUT2D eigenvalue weighted by atomic mass is 16.2. The Morgan fingerprint density at radius 1 is 1.14 bits per heavy atom. The second-order valence-electron chi connectivity index (χ2n) is 6.98. The lowest BCUT2D eigenvalue weighted by Gasteiger charge is -2.24. The molecule has 1 saturated heterocycles. The highest BCUT2D eigenvalue weighted by Crippen LogP contribution is 2.37. The molecule has 22 heavy (non-hydrogen) atoms. The van der Waals surface area contributed by atoms with Gasteiger partial charge in [-0.25, -0.2) is 0 Å². The van der Waals surface area contributed by atoms with Crippen LogP contribution in [0.1, 0.15) is 50.3 Å². The highest BCUT2D eigenvalue weighted by molar-refractivity contribution is 5.73. The molecule has 1 aromatic heterocycles. The Balaban J connectivity index is 1.54. The molecule has 4 rings (SSSR count). The first kappa shape index (κ1) is 14.2. The van der Waals surface area contributed by atoms with Crippen molar-refractivity contribution in [2.45, 2.75) is 51.6 Å². The predicted molar refractivity (Wildman–Crippen MR) is 82.3 cm³/mol. The molecule has 1 atom stereocenters. The largest absolute Gasteiger partial charge is 0.341 e. The van der Waals surface area contributed by atoms with Gasteiger partial charge in [0.1, 0.15) is 11.6 Å². The van der Waals surface area contributed by atoms with Gasteiger partial charge in [0.25, 0.3) is 0 Å². The molecule has 2 fully saturated rings. The lowest BCUT2D eigenvalue weighted by atomic mass is 10.2. The van der Waals surface area contributed by atoms with E-state index in [1.165, 1.54) is 38.8 Å². The molecule has 0 spiro atoms. The number of hydrogen-bond acceptors (Lipinski definition) is 4. The van der Waals surface area contributed by atoms with Gasteiger partial charge in [0.2, 0.25) is 5.91 Å². The van der Waals surface area contributed by atoms with E-state index in [0.717, 1.165) is 43.6 Å². The Hall–Kier alpha value is -1.43. The molecule has 1 unspecified atom stereocenters. The second-order valence-corrected chi connectivity index (χ2v) is 6.98. The van der Waals surface area contributed by atoms with Gasteiger partial charge in [0.15, 0.2) is 0 Å². The van der Waals surface area contributed by atoms with Crippen LogP contribution in [0.5, 0.6) is 0 Å². The van der Waals surface area contributed by atoms with E-state index >= 15 is 0 Å². The minimum atomic E-state index is 0.163. The van der Waals surface area contributed by atoms with Gasteiger partial charge in [-0.2, -0.15) is 0 Å². The molecule has 6 nitrogen and oxygen atoms in total. The predicted octanol–water partition coefficient (Wildman–Crippen LogP) is 1.23. The number of amides is 1. The van der Waals surface area contributed by atoms with Gasteiger partial charge in [-0.1, -0.05) is 0 Å². The van der Waals surface area contributed by atoms with E-state index < -0.39 is 0 Å². The standard InChI is InChI=1S/C16H25N5O/c1-12(22)19-8-6-15-17-18-16(21(15)10-9-19)14-3-2-7-20(14)11-13-4-5-13/h13-14H,2-11H2,1H3. The van der Waals surface area contributed by atoms with Gasteiger partial charge >= 0.3 is 0 Å². The minimum Gasteiger partial charge on any atom is -0.341 e. The molecule has 120 valence electrons. The van der Waals surface area contributed by atoms with Crippen LogP contribution >= 0.6 is 0 Å². The minimum absolute atomic E-state index is 0.163. The van der Waals surface area contributed by atoms with Gasteiger partial charge < -0.3 is 9.47 Å². The number of rotatable bonds is 3. The summed E-state index contributed by atoms with van der Waals surface area (Å²) in [6.07, 6.45) is 6.08. The first-order valence-corrected chi connectivity index (χ1v) is 8.64. The van der Waals surface area contributed by atoms with E-state index in [1.807, 2.05) is 4.90 Å². The topological polar surface area (TPSA) is 54.3 Å². The van der Waals surface area contributed by atoms with Crippen LogP contribution in [0.2, 0.25) is 0 Å². The van der Waals surface area contributed by atoms with Crippen molar-refractivity contribution in [3.05, 3.63) is 11.6 Å². The zero-order valence-corrected chi connectivity index (χ0v) is 13.4. The number of carbonyl (C=O) groups is 1. The molecule has 2 aliphatic heterocycles. The van der Waals surface area contributed by atoms with Crippen molar-refractivity contribution in [3.63, 3.8) is 0 Å². The molecule has 1 saturated carbocycles. The van der Waals surface area contributed by atoms with Crippen LogP contribution in [0, 0.1) is 5.92 Å². The quantitative estimate of drug-likeness (QED) is 0.843. The summed E-state index contributed by atoms with van der Waals surface area (Å²) in [7, 11) is 0. The number of hydrogen-bond donors (Lipinski definition) is 0. The van der Waals surface area contributed by atoms with Gasteiger partial charge in [-0.05, 0) is 38.1 Å². The second kappa shape index (κ2) is 5.65. The molecule has 1 aliphatic carbocycles. The van der Waals surface area contributed by atoms with Crippen LogP contribution < -0.4 is 0 Å². The fourth-order valence-corrected chi connectivity index (χ4v) is 3.88. The maximum atomic E-state index is 11.6. The number of carbonyl (C=O) groups excluding carboxylic acids is 1. The first-order valence-electron chi connectivity index (χ1n) is 8.64. The fraction of sp³-hybridized carbons (Fsp3) is 0.812. The Bertz CT molecular complexity index is 565. The first-order chi connectivity index (χ1) is 10.7. The van der Waals surface area contributed by atoms with Gasteiger partial charge in [-0.15, -0.1) is 10.2 Å². The van der Waals surface area contributed by atoms with Crippen molar-refractivity contribution in [2.75, 3.05) is 26.2 Å². The third-order valence-electron chi connectivity index (χ3n) is 5.35. The smallest absolute Gasteiger partial charge is 0.219 e. The molecule has 1 aromatic rings. The molecular weight excluding hydrogens is 278 g/mol. The molecular formula is C16H25N5O. The van der Waals surface area contributed by atoms with Crippen LogP contribution in [0.4, 0.5) is 0 Å². The van der Waals surface area contributed by atoms with E-state index in [0.29, 0.717) is 6.04 Å². The Morgan fingerprint density at radius 2 is 2.00 bits per heavy atom. The van der Waals surface area contributed by atoms with Crippen molar-refractivity contribution >= 4 is 5.91 Å². The van der Waals surface area contributed by atoms with Gasteiger partial charge in [0, 0.05) is 39.5 Å². The normalized spacial score (nSPS) is 26.0.